The second-order valence-electron chi connectivity index (χ2n) is 7.63. The molecule has 3 rings (SSSR count). The van der Waals surface area contributed by atoms with Gasteiger partial charge in [0.2, 0.25) is 0 Å². The lowest BCUT2D eigenvalue weighted by Gasteiger charge is -2.47. The first-order valence-corrected chi connectivity index (χ1v) is 10.1. The largest absolute Gasteiger partial charge is 0.735 e. The molecule has 1 saturated heterocycles. The predicted octanol–water partition coefficient (Wildman–Crippen LogP) is 3.26. The molecule has 2 fully saturated rings. The summed E-state index contributed by atoms with van der Waals surface area (Å²) in [5, 5.41) is -0.423. The quantitative estimate of drug-likeness (QED) is 0.452. The van der Waals surface area contributed by atoms with Crippen LogP contribution >= 0.6 is 0 Å². The Balaban J connectivity index is 2.06. The number of hydrogen-bond acceptors (Lipinski definition) is 4. The Hall–Kier alpha value is -1.59. The SMILES string of the molecule is CC[N+]1(C(=O)C(=O)C2CCCCC2)CCC[C@@]1(C(=O)[S-])c1ccccc1. The Morgan fingerprint density at radius 3 is 2.31 bits per heavy atom. The van der Waals surface area contributed by atoms with Crippen molar-refractivity contribution in [3.05, 3.63) is 35.9 Å². The highest BCUT2D eigenvalue weighted by Crippen LogP contribution is 2.47. The maximum absolute atomic E-state index is 13.5. The third kappa shape index (κ3) is 2.81. The van der Waals surface area contributed by atoms with Crippen LogP contribution in [0, 0.1) is 5.92 Å². The van der Waals surface area contributed by atoms with Crippen molar-refractivity contribution in [2.75, 3.05) is 13.1 Å². The van der Waals surface area contributed by atoms with Crippen molar-refractivity contribution >= 4 is 29.4 Å². The Morgan fingerprint density at radius 2 is 1.73 bits per heavy atom. The third-order valence-corrected chi connectivity index (χ3v) is 6.85. The fourth-order valence-electron chi connectivity index (χ4n) is 5.11. The monoisotopic (exact) mass is 373 g/mol. The topological polar surface area (TPSA) is 51.2 Å². The van der Waals surface area contributed by atoms with E-state index >= 15 is 0 Å². The zero-order valence-corrected chi connectivity index (χ0v) is 16.2. The van der Waals surface area contributed by atoms with Gasteiger partial charge in [-0.25, -0.2) is 9.28 Å². The van der Waals surface area contributed by atoms with Crippen molar-refractivity contribution in [3.63, 3.8) is 0 Å². The van der Waals surface area contributed by atoms with E-state index in [0.29, 0.717) is 19.5 Å². The van der Waals surface area contributed by atoms with Crippen LogP contribution < -0.4 is 0 Å². The molecule has 1 saturated carbocycles. The van der Waals surface area contributed by atoms with Crippen LogP contribution in [0.2, 0.25) is 0 Å². The van der Waals surface area contributed by atoms with Crippen LogP contribution in [0.1, 0.15) is 57.4 Å². The average Bonchev–Trinajstić information content (AvgIpc) is 3.10. The molecule has 0 N–H and O–H groups in total. The molecule has 26 heavy (non-hydrogen) atoms. The fourth-order valence-corrected chi connectivity index (χ4v) is 5.50. The summed E-state index contributed by atoms with van der Waals surface area (Å²) >= 11 is 5.19. The smallest absolute Gasteiger partial charge is 0.383 e. The number of likely N-dealkylation sites (N-methyl/N-ethyl adjacent to an activating group) is 1. The van der Waals surface area contributed by atoms with Crippen LogP contribution in [0.15, 0.2) is 30.3 Å². The van der Waals surface area contributed by atoms with Crippen molar-refractivity contribution < 1.29 is 18.9 Å². The first kappa shape index (κ1) is 19.2. The van der Waals surface area contributed by atoms with Crippen molar-refractivity contribution in [1.29, 1.82) is 0 Å². The molecule has 1 heterocycles. The minimum atomic E-state index is -1.10. The number of hydrogen-bond donors (Lipinski definition) is 0. The van der Waals surface area contributed by atoms with Crippen LogP contribution in [-0.2, 0) is 32.6 Å². The van der Waals surface area contributed by atoms with Crippen LogP contribution in [0.5, 0.6) is 0 Å². The Kier molecular flexibility index (Phi) is 5.58. The van der Waals surface area contributed by atoms with Gasteiger partial charge in [-0.1, -0.05) is 49.6 Å². The number of quaternary nitrogens is 1. The molecule has 5 heteroatoms. The highest BCUT2D eigenvalue weighted by atomic mass is 32.1. The van der Waals surface area contributed by atoms with Crippen molar-refractivity contribution in [2.45, 2.75) is 57.4 Å². The van der Waals surface area contributed by atoms with Crippen molar-refractivity contribution in [3.8, 4) is 0 Å². The number of likely N-dealkylation sites (tertiary alicyclic amines) is 1. The molecule has 1 aliphatic heterocycles. The van der Waals surface area contributed by atoms with Gasteiger partial charge in [0.25, 0.3) is 5.78 Å². The van der Waals surface area contributed by atoms with Crippen molar-refractivity contribution in [1.82, 2.24) is 0 Å². The van der Waals surface area contributed by atoms with Gasteiger partial charge < -0.3 is 17.4 Å². The molecule has 1 aliphatic carbocycles. The van der Waals surface area contributed by atoms with Gasteiger partial charge in [-0.15, -0.1) is 0 Å². The first-order valence-electron chi connectivity index (χ1n) is 9.72. The molecule has 1 unspecified atom stereocenters. The lowest BCUT2D eigenvalue weighted by Crippen LogP contribution is -2.67. The summed E-state index contributed by atoms with van der Waals surface area (Å²) in [4.78, 5) is 39.4. The van der Waals surface area contributed by atoms with E-state index < -0.39 is 16.6 Å². The van der Waals surface area contributed by atoms with E-state index in [1.54, 1.807) is 0 Å². The minimum absolute atomic E-state index is 0.130. The minimum Gasteiger partial charge on any atom is -0.735 e. The molecule has 1 aromatic rings. The lowest BCUT2D eigenvalue weighted by molar-refractivity contribution is -0.884. The van der Waals surface area contributed by atoms with Crippen LogP contribution in [0.3, 0.4) is 0 Å². The molecule has 0 aromatic heterocycles. The molecular weight excluding hydrogens is 346 g/mol. The molecule has 0 spiro atoms. The summed E-state index contributed by atoms with van der Waals surface area (Å²) in [5.41, 5.74) is -0.337. The lowest BCUT2D eigenvalue weighted by atomic mass is 9.82. The van der Waals surface area contributed by atoms with E-state index in [-0.39, 0.29) is 16.2 Å². The van der Waals surface area contributed by atoms with E-state index in [1.165, 1.54) is 0 Å². The molecule has 1 amide bonds. The van der Waals surface area contributed by atoms with Gasteiger partial charge in [-0.05, 0) is 19.8 Å². The van der Waals surface area contributed by atoms with Gasteiger partial charge in [0.05, 0.1) is 18.2 Å². The summed E-state index contributed by atoms with van der Waals surface area (Å²) in [7, 11) is 0. The highest BCUT2D eigenvalue weighted by molar-refractivity contribution is 7.77. The molecular formula is C21H27NO3S. The Morgan fingerprint density at radius 1 is 1.08 bits per heavy atom. The molecule has 2 aliphatic rings. The zero-order chi connectivity index (χ0) is 18.8. The molecule has 1 aromatic carbocycles. The number of ketones is 1. The normalized spacial score (nSPS) is 29.4. The summed E-state index contributed by atoms with van der Waals surface area (Å²) in [6.45, 7) is 2.81. The number of benzene rings is 1. The number of carbonyl (C=O) groups excluding carboxylic acids is 3. The average molecular weight is 374 g/mol. The van der Waals surface area contributed by atoms with E-state index in [1.807, 2.05) is 37.3 Å². The second-order valence-corrected chi connectivity index (χ2v) is 8.00. The van der Waals surface area contributed by atoms with E-state index in [4.69, 9.17) is 12.6 Å². The van der Waals surface area contributed by atoms with Crippen LogP contribution in [0.25, 0.3) is 0 Å². The Bertz CT molecular complexity index is 698. The number of rotatable bonds is 5. The second kappa shape index (κ2) is 7.57. The third-order valence-electron chi connectivity index (χ3n) is 6.51. The summed E-state index contributed by atoms with van der Waals surface area (Å²) in [6.07, 6.45) is 5.94. The zero-order valence-electron chi connectivity index (χ0n) is 15.4. The summed E-state index contributed by atoms with van der Waals surface area (Å²) in [6, 6.07) is 9.36. The highest BCUT2D eigenvalue weighted by Gasteiger charge is 2.62. The van der Waals surface area contributed by atoms with E-state index in [2.05, 4.69) is 0 Å². The van der Waals surface area contributed by atoms with Crippen LogP contribution in [-0.4, -0.2) is 34.4 Å². The summed E-state index contributed by atoms with van der Waals surface area (Å²) in [5.74, 6) is -0.879. The summed E-state index contributed by atoms with van der Waals surface area (Å²) < 4.78 is -0.130. The number of nitrogens with zero attached hydrogens (tertiary/aromatic N) is 1. The van der Waals surface area contributed by atoms with Gasteiger partial charge in [0, 0.05) is 24.3 Å². The number of carbonyl (C=O) groups is 3. The van der Waals surface area contributed by atoms with E-state index in [0.717, 1.165) is 44.1 Å². The van der Waals surface area contributed by atoms with Gasteiger partial charge in [0.15, 0.2) is 5.54 Å². The van der Waals surface area contributed by atoms with Crippen LogP contribution in [0.4, 0.5) is 0 Å². The van der Waals surface area contributed by atoms with Gasteiger partial charge in [0.1, 0.15) is 0 Å². The maximum Gasteiger partial charge on any atom is 0.383 e. The molecule has 2 atom stereocenters. The van der Waals surface area contributed by atoms with Gasteiger partial charge in [-0.3, -0.25) is 4.79 Å². The standard InChI is InChI=1S/C21H27NO3S/c1-2-22(19(24)18(23)16-10-5-3-6-11-16)15-9-14-21(22,20(25)26)17-12-7-4-8-13-17/h4,7-8,12-13,16H,2-3,5-6,9-11,14-15H2,1H3/t21-,22?/m0/s1. The van der Waals surface area contributed by atoms with Gasteiger partial charge >= 0.3 is 5.91 Å². The fraction of sp³-hybridized carbons (Fsp3) is 0.571. The Labute approximate surface area is 161 Å². The van der Waals surface area contributed by atoms with E-state index in [9.17, 15) is 14.4 Å². The maximum atomic E-state index is 13.5. The number of Topliss-reactive ketones (excluding diaryl/α,β-unsaturated/α-hetero) is 1. The predicted molar refractivity (Wildman–Crippen MR) is 102 cm³/mol. The van der Waals surface area contributed by atoms with Gasteiger partial charge in [-0.2, -0.15) is 0 Å². The first-order chi connectivity index (χ1) is 12.5. The molecule has 140 valence electrons. The van der Waals surface area contributed by atoms with Crippen molar-refractivity contribution in [2.24, 2.45) is 5.92 Å². The molecule has 0 radical (unpaired) electrons. The number of amides is 1. The molecule has 0 bridgehead atoms. The molecule has 4 nitrogen and oxygen atoms in total.